The Kier molecular flexibility index (Phi) is 5.87. The van der Waals surface area contributed by atoms with E-state index in [1.165, 1.54) is 23.6 Å². The van der Waals surface area contributed by atoms with Gasteiger partial charge in [0.05, 0.1) is 16.7 Å². The van der Waals surface area contributed by atoms with Crippen molar-refractivity contribution in [1.29, 1.82) is 0 Å². The van der Waals surface area contributed by atoms with Gasteiger partial charge in [-0.2, -0.15) is 0 Å². The van der Waals surface area contributed by atoms with Crippen molar-refractivity contribution in [2.75, 3.05) is 10.6 Å². The molecule has 164 valence electrons. The van der Waals surface area contributed by atoms with Crippen LogP contribution in [0.1, 0.15) is 13.8 Å². The number of hydrogen-bond acceptors (Lipinski definition) is 5. The summed E-state index contributed by atoms with van der Waals surface area (Å²) in [6, 6.07) is 11.6. The lowest BCUT2D eigenvalue weighted by Gasteiger charge is -2.05. The van der Waals surface area contributed by atoms with Gasteiger partial charge in [-0.3, -0.25) is 18.7 Å². The van der Waals surface area contributed by atoms with E-state index in [-0.39, 0.29) is 23.7 Å². The molecule has 0 fully saturated rings. The van der Waals surface area contributed by atoms with Gasteiger partial charge in [-0.15, -0.1) is 11.3 Å². The maximum atomic E-state index is 14.5. The van der Waals surface area contributed by atoms with E-state index in [2.05, 4.69) is 15.6 Å². The van der Waals surface area contributed by atoms with Crippen LogP contribution in [0.3, 0.4) is 0 Å². The summed E-state index contributed by atoms with van der Waals surface area (Å²) in [6.07, 6.45) is 0. The van der Waals surface area contributed by atoms with Gasteiger partial charge in [0, 0.05) is 30.1 Å². The highest BCUT2D eigenvalue weighted by Gasteiger charge is 2.16. The van der Waals surface area contributed by atoms with Gasteiger partial charge < -0.3 is 10.6 Å². The first-order chi connectivity index (χ1) is 15.4. The number of aromatic nitrogens is 3. The first kappa shape index (κ1) is 21.4. The number of nitrogens with zero attached hydrogens (tertiary/aromatic N) is 3. The lowest BCUT2D eigenvalue weighted by molar-refractivity contribution is -0.117. The number of halogens is 1. The standard InChI is InChI=1S/C22H20FN5O3S/c1-3-27-18-6-4-5-7-19(18)28(22(27)31)11-20(30)26-21-25-17(12-32-21)15-9-8-14(10-16(15)23)24-13(2)29/h4-10,12H,3,11H2,1-2H3,(H,24,29)(H,25,26,30). The Hall–Kier alpha value is -3.79. The number of aryl methyl sites for hydroxylation is 1. The molecule has 0 radical (unpaired) electrons. The van der Waals surface area contributed by atoms with Crippen LogP contribution in [0.15, 0.2) is 52.6 Å². The third-order valence-electron chi connectivity index (χ3n) is 4.86. The molecule has 2 aromatic carbocycles. The van der Waals surface area contributed by atoms with Crippen molar-refractivity contribution in [2.45, 2.75) is 26.9 Å². The minimum atomic E-state index is -0.543. The number of benzene rings is 2. The zero-order chi connectivity index (χ0) is 22.8. The van der Waals surface area contributed by atoms with Gasteiger partial charge in [0.2, 0.25) is 11.8 Å². The van der Waals surface area contributed by atoms with Gasteiger partial charge in [0.15, 0.2) is 5.13 Å². The number of thiazole rings is 1. The van der Waals surface area contributed by atoms with E-state index in [9.17, 15) is 18.8 Å². The van der Waals surface area contributed by atoms with E-state index >= 15 is 0 Å². The third-order valence-corrected chi connectivity index (χ3v) is 5.62. The lowest BCUT2D eigenvalue weighted by atomic mass is 10.1. The van der Waals surface area contributed by atoms with Gasteiger partial charge in [0.25, 0.3) is 0 Å². The van der Waals surface area contributed by atoms with E-state index in [0.717, 1.165) is 16.9 Å². The number of amides is 2. The number of hydrogen-bond donors (Lipinski definition) is 2. The fourth-order valence-corrected chi connectivity index (χ4v) is 4.22. The molecule has 10 heteroatoms. The number of imidazole rings is 1. The molecule has 2 amide bonds. The zero-order valence-corrected chi connectivity index (χ0v) is 18.2. The van der Waals surface area contributed by atoms with Gasteiger partial charge in [-0.05, 0) is 37.3 Å². The molecular weight excluding hydrogens is 433 g/mol. The fraction of sp³-hybridized carbons (Fsp3) is 0.182. The molecule has 0 spiro atoms. The predicted molar refractivity (Wildman–Crippen MR) is 122 cm³/mol. The highest BCUT2D eigenvalue weighted by molar-refractivity contribution is 7.14. The Bertz CT molecular complexity index is 1390. The molecule has 0 atom stereocenters. The second-order valence-corrected chi connectivity index (χ2v) is 7.92. The Morgan fingerprint density at radius 2 is 1.81 bits per heavy atom. The molecule has 32 heavy (non-hydrogen) atoms. The average molecular weight is 453 g/mol. The summed E-state index contributed by atoms with van der Waals surface area (Å²) in [4.78, 5) is 40.7. The summed E-state index contributed by atoms with van der Waals surface area (Å²) >= 11 is 1.15. The van der Waals surface area contributed by atoms with Crippen LogP contribution < -0.4 is 16.3 Å². The monoisotopic (exact) mass is 453 g/mol. The van der Waals surface area contributed by atoms with E-state index in [1.54, 1.807) is 22.1 Å². The average Bonchev–Trinajstić information content (AvgIpc) is 3.30. The van der Waals surface area contributed by atoms with Crippen LogP contribution in [0.5, 0.6) is 0 Å². The molecule has 8 nitrogen and oxygen atoms in total. The van der Waals surface area contributed by atoms with Crippen LogP contribution in [-0.4, -0.2) is 25.9 Å². The van der Waals surface area contributed by atoms with Crippen LogP contribution in [0, 0.1) is 5.82 Å². The molecule has 0 unspecified atom stereocenters. The Labute approximate surface area is 186 Å². The van der Waals surface area contributed by atoms with E-state index in [4.69, 9.17) is 0 Å². The summed E-state index contributed by atoms with van der Waals surface area (Å²) in [6.45, 7) is 3.55. The minimum Gasteiger partial charge on any atom is -0.326 e. The summed E-state index contributed by atoms with van der Waals surface area (Å²) in [5, 5.41) is 7.12. The maximum absolute atomic E-state index is 14.5. The van der Waals surface area contributed by atoms with Crippen molar-refractivity contribution >= 4 is 45.0 Å². The van der Waals surface area contributed by atoms with E-state index in [0.29, 0.717) is 28.6 Å². The zero-order valence-electron chi connectivity index (χ0n) is 17.4. The van der Waals surface area contributed by atoms with Crippen LogP contribution in [0.2, 0.25) is 0 Å². The van der Waals surface area contributed by atoms with Gasteiger partial charge in [0.1, 0.15) is 12.4 Å². The Morgan fingerprint density at radius 1 is 1.09 bits per heavy atom. The molecule has 0 saturated heterocycles. The molecule has 0 bridgehead atoms. The smallest absolute Gasteiger partial charge is 0.326 e. The van der Waals surface area contributed by atoms with Crippen molar-refractivity contribution in [3.63, 3.8) is 0 Å². The van der Waals surface area contributed by atoms with Crippen LogP contribution in [0.25, 0.3) is 22.3 Å². The van der Waals surface area contributed by atoms with Crippen LogP contribution >= 0.6 is 11.3 Å². The Morgan fingerprint density at radius 3 is 2.47 bits per heavy atom. The molecule has 2 N–H and O–H groups in total. The number of nitrogens with one attached hydrogen (secondary N) is 2. The quantitative estimate of drug-likeness (QED) is 0.465. The maximum Gasteiger partial charge on any atom is 0.329 e. The van der Waals surface area contributed by atoms with Crippen LogP contribution in [-0.2, 0) is 22.7 Å². The number of carbonyl (C=O) groups is 2. The van der Waals surface area contributed by atoms with Gasteiger partial charge in [-0.25, -0.2) is 14.2 Å². The van der Waals surface area contributed by atoms with Crippen molar-refractivity contribution in [3.05, 3.63) is 64.1 Å². The molecular formula is C22H20FN5O3S. The van der Waals surface area contributed by atoms with Gasteiger partial charge in [-0.1, -0.05) is 12.1 Å². The SMILES string of the molecule is CCn1c(=O)n(CC(=O)Nc2nc(-c3ccc(NC(C)=O)cc3F)cs2)c2ccccc21. The number of rotatable bonds is 6. The topological polar surface area (TPSA) is 98.0 Å². The molecule has 0 saturated carbocycles. The summed E-state index contributed by atoms with van der Waals surface area (Å²) < 4.78 is 17.5. The Balaban J connectivity index is 1.52. The summed E-state index contributed by atoms with van der Waals surface area (Å²) in [7, 11) is 0. The second-order valence-electron chi connectivity index (χ2n) is 7.06. The van der Waals surface area contributed by atoms with Crippen molar-refractivity contribution in [2.24, 2.45) is 0 Å². The highest BCUT2D eigenvalue weighted by atomic mass is 32.1. The number of fused-ring (bicyclic) bond motifs is 1. The fourth-order valence-electron chi connectivity index (χ4n) is 3.49. The lowest BCUT2D eigenvalue weighted by Crippen LogP contribution is -2.29. The molecule has 0 aliphatic heterocycles. The summed E-state index contributed by atoms with van der Waals surface area (Å²) in [5.41, 5.74) is 2.14. The molecule has 2 aromatic heterocycles. The second kappa shape index (κ2) is 8.75. The first-order valence-corrected chi connectivity index (χ1v) is 10.8. The number of anilines is 2. The molecule has 2 heterocycles. The number of para-hydroxylation sites is 2. The number of carbonyl (C=O) groups excluding carboxylic acids is 2. The largest absolute Gasteiger partial charge is 0.329 e. The molecule has 0 aliphatic carbocycles. The minimum absolute atomic E-state index is 0.166. The molecule has 4 rings (SSSR count). The molecule has 0 aliphatic rings. The summed E-state index contributed by atoms with van der Waals surface area (Å²) in [5.74, 6) is -1.25. The van der Waals surface area contributed by atoms with Crippen molar-refractivity contribution < 1.29 is 14.0 Å². The molecule has 4 aromatic rings. The van der Waals surface area contributed by atoms with E-state index in [1.807, 2.05) is 25.1 Å². The predicted octanol–water partition coefficient (Wildman–Crippen LogP) is 3.68. The van der Waals surface area contributed by atoms with Crippen molar-refractivity contribution in [1.82, 2.24) is 14.1 Å². The normalized spacial score (nSPS) is 11.0. The van der Waals surface area contributed by atoms with Crippen LogP contribution in [0.4, 0.5) is 15.2 Å². The van der Waals surface area contributed by atoms with E-state index < -0.39 is 11.7 Å². The highest BCUT2D eigenvalue weighted by Crippen LogP contribution is 2.28. The first-order valence-electron chi connectivity index (χ1n) is 9.88. The van der Waals surface area contributed by atoms with Crippen molar-refractivity contribution in [3.8, 4) is 11.3 Å². The van der Waals surface area contributed by atoms with Gasteiger partial charge >= 0.3 is 5.69 Å². The third kappa shape index (κ3) is 4.17.